The van der Waals surface area contributed by atoms with Crippen molar-refractivity contribution in [1.82, 2.24) is 15.2 Å². The molecule has 1 atom stereocenters. The number of para-hydroxylation sites is 1. The van der Waals surface area contributed by atoms with Crippen LogP contribution in [0.4, 0.5) is 0 Å². The first-order valence-corrected chi connectivity index (χ1v) is 10.2. The molecule has 2 N–H and O–H groups in total. The number of fused-ring (bicyclic) bond motifs is 1. The molecular formula is C17H21N3O5S. The molecule has 1 amide bonds. The number of furan rings is 1. The van der Waals surface area contributed by atoms with Crippen molar-refractivity contribution in [2.45, 2.75) is 12.8 Å². The van der Waals surface area contributed by atoms with Crippen LogP contribution >= 0.6 is 0 Å². The number of rotatable bonds is 6. The van der Waals surface area contributed by atoms with Crippen molar-refractivity contribution < 1.29 is 22.4 Å². The predicted octanol–water partition coefficient (Wildman–Crippen LogP) is 0.908. The highest BCUT2D eigenvalue weighted by atomic mass is 32.2. The number of nitrogens with zero attached hydrogens (tertiary/aromatic N) is 1. The van der Waals surface area contributed by atoms with E-state index < -0.39 is 15.9 Å². The van der Waals surface area contributed by atoms with Crippen LogP contribution in [0.1, 0.15) is 23.4 Å². The van der Waals surface area contributed by atoms with Gasteiger partial charge in [0.15, 0.2) is 5.76 Å². The summed E-state index contributed by atoms with van der Waals surface area (Å²) in [6.07, 6.45) is 2.36. The fourth-order valence-electron chi connectivity index (χ4n) is 3.06. The lowest BCUT2D eigenvalue weighted by Gasteiger charge is -2.31. The van der Waals surface area contributed by atoms with Gasteiger partial charge in [-0.2, -0.15) is 0 Å². The second-order valence-electron chi connectivity index (χ2n) is 6.51. The first-order chi connectivity index (χ1) is 12.3. The molecule has 0 saturated carbocycles. The molecule has 0 radical (unpaired) electrons. The fourth-order valence-corrected chi connectivity index (χ4v) is 3.34. The average Bonchev–Trinajstić information content (AvgIpc) is 3.03. The van der Waals surface area contributed by atoms with E-state index >= 15 is 0 Å². The fraction of sp³-hybridized carbons (Fsp3) is 0.412. The minimum atomic E-state index is -3.50. The normalized spacial score (nSPS) is 18.7. The number of ketones is 1. The molecule has 2 heterocycles. The number of Topliss-reactive ketones (excluding diaryl/α,β-unsaturated/α-hetero) is 1. The highest BCUT2D eigenvalue weighted by molar-refractivity contribution is 7.88. The molecule has 9 heteroatoms. The largest absolute Gasteiger partial charge is 0.453 e. The van der Waals surface area contributed by atoms with E-state index in [0.717, 1.165) is 18.1 Å². The summed E-state index contributed by atoms with van der Waals surface area (Å²) in [5, 5.41) is 0.874. The zero-order valence-corrected chi connectivity index (χ0v) is 15.2. The maximum Gasteiger partial charge on any atom is 0.239 e. The molecule has 1 unspecified atom stereocenters. The Morgan fingerprint density at radius 3 is 2.81 bits per heavy atom. The second kappa shape index (κ2) is 7.56. The summed E-state index contributed by atoms with van der Waals surface area (Å²) in [5.74, 6) is -0.606. The van der Waals surface area contributed by atoms with E-state index in [0.29, 0.717) is 30.9 Å². The summed E-state index contributed by atoms with van der Waals surface area (Å²) in [6.45, 7) is 1.25. The number of hydrazine groups is 1. The zero-order valence-electron chi connectivity index (χ0n) is 14.4. The van der Waals surface area contributed by atoms with Gasteiger partial charge < -0.3 is 4.42 Å². The Balaban J connectivity index is 1.59. The van der Waals surface area contributed by atoms with Crippen molar-refractivity contribution in [3.05, 3.63) is 36.1 Å². The summed E-state index contributed by atoms with van der Waals surface area (Å²) in [6, 6.07) is 9.14. The van der Waals surface area contributed by atoms with Gasteiger partial charge in [-0.1, -0.05) is 18.2 Å². The minimum absolute atomic E-state index is 0.142. The lowest BCUT2D eigenvalue weighted by atomic mass is 9.97. The first kappa shape index (κ1) is 18.6. The van der Waals surface area contributed by atoms with E-state index in [1.807, 2.05) is 34.0 Å². The van der Waals surface area contributed by atoms with Crippen LogP contribution in [-0.4, -0.2) is 50.9 Å². The van der Waals surface area contributed by atoms with E-state index in [-0.39, 0.29) is 18.2 Å². The van der Waals surface area contributed by atoms with Crippen molar-refractivity contribution in [3.63, 3.8) is 0 Å². The number of hydrogen-bond donors (Lipinski definition) is 2. The molecule has 2 aromatic rings. The Kier molecular flexibility index (Phi) is 5.40. The van der Waals surface area contributed by atoms with Crippen molar-refractivity contribution in [2.24, 2.45) is 5.92 Å². The SMILES string of the molecule is CS(=O)(=O)NNC(=O)C1CCCN(CC(=O)c2cc3ccccc3o2)C1. The van der Waals surface area contributed by atoms with Gasteiger partial charge in [0.05, 0.1) is 18.7 Å². The number of hydrogen-bond acceptors (Lipinski definition) is 6. The molecule has 3 rings (SSSR count). The minimum Gasteiger partial charge on any atom is -0.453 e. The van der Waals surface area contributed by atoms with Gasteiger partial charge in [-0.25, -0.2) is 8.42 Å². The number of piperidine rings is 1. The predicted molar refractivity (Wildman–Crippen MR) is 95.8 cm³/mol. The van der Waals surface area contributed by atoms with Gasteiger partial charge in [-0.15, -0.1) is 4.83 Å². The Hall–Kier alpha value is -2.23. The van der Waals surface area contributed by atoms with Crippen LogP contribution in [0, 0.1) is 5.92 Å². The van der Waals surface area contributed by atoms with E-state index in [1.165, 1.54) is 0 Å². The first-order valence-electron chi connectivity index (χ1n) is 8.32. The van der Waals surface area contributed by atoms with E-state index in [4.69, 9.17) is 4.42 Å². The molecule has 0 spiro atoms. The molecule has 1 aliphatic rings. The van der Waals surface area contributed by atoms with Crippen LogP contribution < -0.4 is 10.3 Å². The summed E-state index contributed by atoms with van der Waals surface area (Å²) in [7, 11) is -3.50. The highest BCUT2D eigenvalue weighted by Crippen LogP contribution is 2.21. The molecule has 1 aliphatic heterocycles. The van der Waals surface area contributed by atoms with Gasteiger partial charge in [-0.05, 0) is 31.5 Å². The van der Waals surface area contributed by atoms with Crippen LogP contribution in [0.25, 0.3) is 11.0 Å². The number of benzene rings is 1. The molecule has 1 aromatic carbocycles. The van der Waals surface area contributed by atoms with Gasteiger partial charge >= 0.3 is 0 Å². The number of amides is 1. The molecule has 1 aromatic heterocycles. The van der Waals surface area contributed by atoms with Crippen molar-refractivity contribution in [2.75, 3.05) is 25.9 Å². The Bertz CT molecular complexity index is 888. The number of carbonyl (C=O) groups is 2. The van der Waals surface area contributed by atoms with Crippen LogP contribution in [0.3, 0.4) is 0 Å². The standard InChI is InChI=1S/C17H21N3O5S/c1-26(23,24)19-18-17(22)13-6-4-8-20(10-13)11-14(21)16-9-12-5-2-3-7-15(12)25-16/h2-3,5,7,9,13,19H,4,6,8,10-11H2,1H3,(H,18,22). The van der Waals surface area contributed by atoms with Crippen LogP contribution in [0.2, 0.25) is 0 Å². The van der Waals surface area contributed by atoms with Gasteiger partial charge in [0.1, 0.15) is 5.58 Å². The maximum absolute atomic E-state index is 12.5. The Labute approximate surface area is 151 Å². The second-order valence-corrected chi connectivity index (χ2v) is 8.26. The lowest BCUT2D eigenvalue weighted by Crippen LogP contribution is -2.49. The maximum atomic E-state index is 12.5. The zero-order chi connectivity index (χ0) is 18.7. The molecule has 8 nitrogen and oxygen atoms in total. The Morgan fingerprint density at radius 1 is 1.31 bits per heavy atom. The van der Waals surface area contributed by atoms with E-state index in [9.17, 15) is 18.0 Å². The number of likely N-dealkylation sites (tertiary alicyclic amines) is 1. The third-order valence-corrected chi connectivity index (χ3v) is 4.78. The average molecular weight is 379 g/mol. The van der Waals surface area contributed by atoms with Gasteiger partial charge in [0.2, 0.25) is 21.7 Å². The molecule has 0 bridgehead atoms. The van der Waals surface area contributed by atoms with Gasteiger partial charge in [0, 0.05) is 11.9 Å². The smallest absolute Gasteiger partial charge is 0.239 e. The molecular weight excluding hydrogens is 358 g/mol. The quantitative estimate of drug-likeness (QED) is 0.570. The molecule has 0 aliphatic carbocycles. The van der Waals surface area contributed by atoms with Crippen molar-refractivity contribution in [3.8, 4) is 0 Å². The number of nitrogens with one attached hydrogen (secondary N) is 2. The third kappa shape index (κ3) is 4.69. The summed E-state index contributed by atoms with van der Waals surface area (Å²) < 4.78 is 27.7. The molecule has 26 heavy (non-hydrogen) atoms. The van der Waals surface area contributed by atoms with Crippen molar-refractivity contribution in [1.29, 1.82) is 0 Å². The topological polar surface area (TPSA) is 109 Å². The number of carbonyl (C=O) groups excluding carboxylic acids is 2. The van der Waals surface area contributed by atoms with Crippen LogP contribution in [0.5, 0.6) is 0 Å². The molecule has 140 valence electrons. The summed E-state index contributed by atoms with van der Waals surface area (Å²) in [4.78, 5) is 28.5. The van der Waals surface area contributed by atoms with E-state index in [1.54, 1.807) is 6.07 Å². The van der Waals surface area contributed by atoms with Gasteiger partial charge in [0.25, 0.3) is 0 Å². The molecule has 1 fully saturated rings. The summed E-state index contributed by atoms with van der Waals surface area (Å²) >= 11 is 0. The number of sulfonamides is 1. The van der Waals surface area contributed by atoms with Crippen molar-refractivity contribution >= 4 is 32.7 Å². The Morgan fingerprint density at radius 2 is 2.08 bits per heavy atom. The van der Waals surface area contributed by atoms with Gasteiger partial charge in [-0.3, -0.25) is 19.9 Å². The summed E-state index contributed by atoms with van der Waals surface area (Å²) in [5.41, 5.74) is 2.87. The van der Waals surface area contributed by atoms with Crippen LogP contribution in [-0.2, 0) is 14.8 Å². The lowest BCUT2D eigenvalue weighted by molar-refractivity contribution is -0.127. The highest BCUT2D eigenvalue weighted by Gasteiger charge is 2.28. The van der Waals surface area contributed by atoms with Crippen LogP contribution in [0.15, 0.2) is 34.7 Å². The molecule has 1 saturated heterocycles. The third-order valence-electron chi connectivity index (χ3n) is 4.30. The van der Waals surface area contributed by atoms with E-state index in [2.05, 4.69) is 5.43 Å². The monoisotopic (exact) mass is 379 g/mol.